The van der Waals surface area contributed by atoms with Gasteiger partial charge in [0.2, 0.25) is 0 Å². The Bertz CT molecular complexity index is 391. The number of aliphatic hydroxyl groups is 1. The van der Waals surface area contributed by atoms with Crippen LogP contribution in [0.4, 0.5) is 0 Å². The van der Waals surface area contributed by atoms with Crippen LogP contribution >= 0.6 is 0 Å². The van der Waals surface area contributed by atoms with E-state index >= 15 is 0 Å². The quantitative estimate of drug-likeness (QED) is 0.773. The molecule has 1 aromatic rings. The minimum Gasteiger partial charge on any atom is -0.493 e. The molecule has 0 bridgehead atoms. The predicted molar refractivity (Wildman–Crippen MR) is 64.6 cm³/mol. The van der Waals surface area contributed by atoms with Gasteiger partial charge in [-0.1, -0.05) is 29.8 Å². The van der Waals surface area contributed by atoms with Crippen LogP contribution in [0, 0.1) is 5.92 Å². The monoisotopic (exact) mass is 218 g/mol. The molecule has 2 nitrogen and oxygen atoms in total. The molecule has 1 aliphatic rings. The molecule has 1 aromatic carbocycles. The Balaban J connectivity index is 2.11. The number of benzene rings is 1. The smallest absolute Gasteiger partial charge is 0.122 e. The Kier molecular flexibility index (Phi) is 3.30. The van der Waals surface area contributed by atoms with Crippen molar-refractivity contribution < 1.29 is 9.84 Å². The van der Waals surface area contributed by atoms with E-state index in [1.807, 2.05) is 38.1 Å². The molecule has 0 spiro atoms. The molecule has 0 aliphatic carbocycles. The number of para-hydroxylation sites is 1. The fourth-order valence-corrected chi connectivity index (χ4v) is 2.05. The lowest BCUT2D eigenvalue weighted by molar-refractivity contribution is 0.0973. The van der Waals surface area contributed by atoms with Crippen LogP contribution in [-0.2, 0) is 6.42 Å². The van der Waals surface area contributed by atoms with E-state index < -0.39 is 6.10 Å². The van der Waals surface area contributed by atoms with Crippen LogP contribution in [0.15, 0.2) is 35.9 Å². The van der Waals surface area contributed by atoms with Crippen molar-refractivity contribution in [1.29, 1.82) is 0 Å². The lowest BCUT2D eigenvalue weighted by atomic mass is 9.91. The molecule has 0 amide bonds. The molecule has 2 unspecified atom stereocenters. The average Bonchev–Trinajstić information content (AvgIpc) is 2.27. The first-order chi connectivity index (χ1) is 7.66. The second-order valence-electron chi connectivity index (χ2n) is 4.62. The van der Waals surface area contributed by atoms with Gasteiger partial charge in [0.1, 0.15) is 5.75 Å². The van der Waals surface area contributed by atoms with E-state index in [4.69, 9.17) is 4.74 Å². The van der Waals surface area contributed by atoms with E-state index in [2.05, 4.69) is 6.07 Å². The summed E-state index contributed by atoms with van der Waals surface area (Å²) < 4.78 is 5.65. The highest BCUT2D eigenvalue weighted by Gasteiger charge is 2.24. The summed E-state index contributed by atoms with van der Waals surface area (Å²) in [4.78, 5) is 0. The van der Waals surface area contributed by atoms with E-state index in [-0.39, 0.29) is 5.92 Å². The van der Waals surface area contributed by atoms with Gasteiger partial charge in [-0.3, -0.25) is 0 Å². The highest BCUT2D eigenvalue weighted by atomic mass is 16.5. The van der Waals surface area contributed by atoms with Crippen LogP contribution in [0.3, 0.4) is 0 Å². The van der Waals surface area contributed by atoms with E-state index in [1.54, 1.807) is 0 Å². The highest BCUT2D eigenvalue weighted by molar-refractivity contribution is 5.35. The van der Waals surface area contributed by atoms with Crippen molar-refractivity contribution >= 4 is 0 Å². The lowest BCUT2D eigenvalue weighted by Gasteiger charge is -2.27. The van der Waals surface area contributed by atoms with Gasteiger partial charge in [-0.25, -0.2) is 0 Å². The molecule has 2 heteroatoms. The maximum absolute atomic E-state index is 10.0. The number of aliphatic hydroxyl groups excluding tert-OH is 1. The third-order valence-electron chi connectivity index (χ3n) is 2.89. The molecule has 0 radical (unpaired) electrons. The topological polar surface area (TPSA) is 29.5 Å². The molecular formula is C14H18O2. The summed E-state index contributed by atoms with van der Waals surface area (Å²) in [6, 6.07) is 8.04. The molecule has 0 saturated heterocycles. The van der Waals surface area contributed by atoms with Gasteiger partial charge in [0, 0.05) is 5.92 Å². The Morgan fingerprint density at radius 2 is 2.19 bits per heavy atom. The summed E-state index contributed by atoms with van der Waals surface area (Å²) in [6.07, 6.45) is 2.39. The van der Waals surface area contributed by atoms with Gasteiger partial charge >= 0.3 is 0 Å². The maximum atomic E-state index is 10.0. The standard InChI is InChI=1S/C14H18O2/c1-10(2)7-13(15)12-8-11-5-3-4-6-14(11)16-9-12/h3-7,12-13,15H,8-9H2,1-2H3. The molecule has 1 heterocycles. The van der Waals surface area contributed by atoms with Crippen molar-refractivity contribution in [2.75, 3.05) is 6.61 Å². The highest BCUT2D eigenvalue weighted by Crippen LogP contribution is 2.28. The maximum Gasteiger partial charge on any atom is 0.122 e. The Morgan fingerprint density at radius 3 is 2.94 bits per heavy atom. The van der Waals surface area contributed by atoms with Crippen molar-refractivity contribution in [1.82, 2.24) is 0 Å². The second-order valence-corrected chi connectivity index (χ2v) is 4.62. The SMILES string of the molecule is CC(C)=CC(O)C1COc2ccccc2C1. The van der Waals surface area contributed by atoms with Crippen LogP contribution in [-0.4, -0.2) is 17.8 Å². The molecular weight excluding hydrogens is 200 g/mol. The summed E-state index contributed by atoms with van der Waals surface area (Å²) in [5, 5.41) is 10.0. The van der Waals surface area contributed by atoms with E-state index in [0.717, 1.165) is 17.7 Å². The van der Waals surface area contributed by atoms with E-state index in [0.29, 0.717) is 6.61 Å². The molecule has 0 aromatic heterocycles. The molecule has 16 heavy (non-hydrogen) atoms. The normalized spacial score (nSPS) is 20.6. The zero-order valence-electron chi connectivity index (χ0n) is 9.81. The number of fused-ring (bicyclic) bond motifs is 1. The fourth-order valence-electron chi connectivity index (χ4n) is 2.05. The number of hydrogen-bond acceptors (Lipinski definition) is 2. The Morgan fingerprint density at radius 1 is 1.44 bits per heavy atom. The van der Waals surface area contributed by atoms with Crippen LogP contribution in [0.25, 0.3) is 0 Å². The fraction of sp³-hybridized carbons (Fsp3) is 0.429. The minimum atomic E-state index is -0.404. The zero-order chi connectivity index (χ0) is 11.5. The number of rotatable bonds is 2. The predicted octanol–water partition coefficient (Wildman–Crippen LogP) is 2.56. The number of hydrogen-bond donors (Lipinski definition) is 1. The van der Waals surface area contributed by atoms with Crippen molar-refractivity contribution in [3.05, 3.63) is 41.5 Å². The van der Waals surface area contributed by atoms with Gasteiger partial charge in [0.25, 0.3) is 0 Å². The van der Waals surface area contributed by atoms with Crippen molar-refractivity contribution in [3.63, 3.8) is 0 Å². The van der Waals surface area contributed by atoms with Crippen LogP contribution in [0.1, 0.15) is 19.4 Å². The second kappa shape index (κ2) is 4.71. The molecule has 1 N–H and O–H groups in total. The molecule has 1 aliphatic heterocycles. The van der Waals surface area contributed by atoms with Gasteiger partial charge in [-0.2, -0.15) is 0 Å². The molecule has 86 valence electrons. The Labute approximate surface area is 96.6 Å². The van der Waals surface area contributed by atoms with Crippen LogP contribution < -0.4 is 4.74 Å². The van der Waals surface area contributed by atoms with Crippen LogP contribution in [0.5, 0.6) is 5.75 Å². The first kappa shape index (κ1) is 11.2. The summed E-state index contributed by atoms with van der Waals surface area (Å²) >= 11 is 0. The first-order valence-electron chi connectivity index (χ1n) is 5.70. The molecule has 0 fully saturated rings. The minimum absolute atomic E-state index is 0.171. The van der Waals surface area contributed by atoms with Crippen LogP contribution in [0.2, 0.25) is 0 Å². The lowest BCUT2D eigenvalue weighted by Crippen LogP contribution is -2.30. The van der Waals surface area contributed by atoms with Crippen molar-refractivity contribution in [3.8, 4) is 5.75 Å². The third kappa shape index (κ3) is 2.45. The largest absolute Gasteiger partial charge is 0.493 e. The van der Waals surface area contributed by atoms with Crippen molar-refractivity contribution in [2.45, 2.75) is 26.4 Å². The molecule has 2 atom stereocenters. The van der Waals surface area contributed by atoms with Gasteiger partial charge < -0.3 is 9.84 Å². The van der Waals surface area contributed by atoms with Crippen molar-refractivity contribution in [2.24, 2.45) is 5.92 Å². The number of ether oxygens (including phenoxy) is 1. The molecule has 0 saturated carbocycles. The Hall–Kier alpha value is -1.28. The summed E-state index contributed by atoms with van der Waals surface area (Å²) in [7, 11) is 0. The van der Waals surface area contributed by atoms with E-state index in [1.165, 1.54) is 5.56 Å². The van der Waals surface area contributed by atoms with Gasteiger partial charge in [0.15, 0.2) is 0 Å². The molecule has 2 rings (SSSR count). The number of allylic oxidation sites excluding steroid dienone is 1. The van der Waals surface area contributed by atoms with Gasteiger partial charge in [-0.05, 0) is 31.9 Å². The summed E-state index contributed by atoms with van der Waals surface area (Å²) in [6.45, 7) is 4.60. The third-order valence-corrected chi connectivity index (χ3v) is 2.89. The zero-order valence-corrected chi connectivity index (χ0v) is 9.81. The van der Waals surface area contributed by atoms with Gasteiger partial charge in [0.05, 0.1) is 12.7 Å². The first-order valence-corrected chi connectivity index (χ1v) is 5.70. The van der Waals surface area contributed by atoms with E-state index in [9.17, 15) is 5.11 Å². The summed E-state index contributed by atoms with van der Waals surface area (Å²) in [5.41, 5.74) is 2.34. The summed E-state index contributed by atoms with van der Waals surface area (Å²) in [5.74, 6) is 1.13. The average molecular weight is 218 g/mol. The van der Waals surface area contributed by atoms with Gasteiger partial charge in [-0.15, -0.1) is 0 Å².